The molecule has 2 aromatic rings. The van der Waals surface area contributed by atoms with Gasteiger partial charge in [-0.1, -0.05) is 12.1 Å². The highest BCUT2D eigenvalue weighted by molar-refractivity contribution is 7.92. The summed E-state index contributed by atoms with van der Waals surface area (Å²) in [5, 5.41) is 2.79. The van der Waals surface area contributed by atoms with E-state index in [4.69, 9.17) is 0 Å². The van der Waals surface area contributed by atoms with Crippen molar-refractivity contribution in [2.24, 2.45) is 0 Å². The molecule has 2 amide bonds. The minimum absolute atomic E-state index is 0.0944. The molecule has 1 unspecified atom stereocenters. The summed E-state index contributed by atoms with van der Waals surface area (Å²) in [5.41, 5.74) is 0.804. The number of piperidine rings is 1. The largest absolute Gasteiger partial charge is 0.350 e. The molecule has 1 aliphatic heterocycles. The molecular formula is C22H26FN3O4S. The number of rotatable bonds is 7. The Hall–Kier alpha value is -2.94. The highest BCUT2D eigenvalue weighted by Crippen LogP contribution is 2.19. The van der Waals surface area contributed by atoms with Crippen molar-refractivity contribution in [1.82, 2.24) is 10.2 Å². The number of hydrogen-bond donors (Lipinski definition) is 2. The smallest absolute Gasteiger partial charge is 0.261 e. The van der Waals surface area contributed by atoms with Crippen molar-refractivity contribution < 1.29 is 22.4 Å². The first-order valence-corrected chi connectivity index (χ1v) is 11.6. The van der Waals surface area contributed by atoms with E-state index in [1.807, 2.05) is 6.92 Å². The Balaban J connectivity index is 1.65. The number of carbonyl (C=O) groups excluding carboxylic acids is 2. The van der Waals surface area contributed by atoms with Crippen LogP contribution in [0.2, 0.25) is 0 Å². The first-order chi connectivity index (χ1) is 14.7. The lowest BCUT2D eigenvalue weighted by molar-refractivity contribution is -0.135. The second kappa shape index (κ2) is 9.47. The second-order valence-corrected chi connectivity index (χ2v) is 9.38. The third kappa shape index (κ3) is 5.61. The molecule has 0 spiro atoms. The van der Waals surface area contributed by atoms with Crippen LogP contribution in [-0.4, -0.2) is 44.3 Å². The Bertz CT molecular complexity index is 1090. The SMILES string of the molecule is Cc1ccc(S(=O)(=O)Nc2cccc(C(=O)NCC(C)N3CCCCC3=O)c2)cc1F. The number of halogens is 1. The molecule has 1 aliphatic rings. The van der Waals surface area contributed by atoms with Gasteiger partial charge in [0.1, 0.15) is 5.82 Å². The van der Waals surface area contributed by atoms with Gasteiger partial charge in [-0.3, -0.25) is 14.3 Å². The zero-order valence-electron chi connectivity index (χ0n) is 17.5. The van der Waals surface area contributed by atoms with E-state index < -0.39 is 15.8 Å². The molecule has 7 nitrogen and oxygen atoms in total. The van der Waals surface area contributed by atoms with E-state index in [0.717, 1.165) is 18.9 Å². The standard InChI is InChI=1S/C22H26FN3O4S/c1-15-9-10-19(13-20(15)23)31(29,30)25-18-7-5-6-17(12-18)22(28)24-14-16(2)26-11-4-3-8-21(26)27/h5-7,9-10,12-13,16,25H,3-4,8,11,14H2,1-2H3,(H,24,28). The average molecular weight is 448 g/mol. The van der Waals surface area contributed by atoms with Crippen LogP contribution >= 0.6 is 0 Å². The Kier molecular flexibility index (Phi) is 6.94. The zero-order chi connectivity index (χ0) is 22.6. The fraction of sp³-hybridized carbons (Fsp3) is 0.364. The van der Waals surface area contributed by atoms with Crippen molar-refractivity contribution in [2.45, 2.75) is 44.0 Å². The van der Waals surface area contributed by atoms with Crippen molar-refractivity contribution in [3.8, 4) is 0 Å². The molecule has 2 aromatic carbocycles. The summed E-state index contributed by atoms with van der Waals surface area (Å²) in [7, 11) is -4.01. The molecule has 0 radical (unpaired) electrons. The third-order valence-corrected chi connectivity index (χ3v) is 6.66. The Morgan fingerprint density at radius 1 is 1.19 bits per heavy atom. The van der Waals surface area contributed by atoms with E-state index in [9.17, 15) is 22.4 Å². The number of anilines is 1. The van der Waals surface area contributed by atoms with Crippen LogP contribution in [0.25, 0.3) is 0 Å². The molecule has 9 heteroatoms. The third-order valence-electron chi connectivity index (χ3n) is 5.28. The Morgan fingerprint density at radius 3 is 2.68 bits per heavy atom. The van der Waals surface area contributed by atoms with Gasteiger partial charge in [-0.15, -0.1) is 0 Å². The number of nitrogens with zero attached hydrogens (tertiary/aromatic N) is 1. The van der Waals surface area contributed by atoms with Crippen molar-refractivity contribution in [2.75, 3.05) is 17.8 Å². The summed E-state index contributed by atoms with van der Waals surface area (Å²) in [4.78, 5) is 26.1. The van der Waals surface area contributed by atoms with E-state index in [0.29, 0.717) is 25.1 Å². The fourth-order valence-corrected chi connectivity index (χ4v) is 4.49. The molecule has 0 bridgehead atoms. The van der Waals surface area contributed by atoms with Crippen LogP contribution in [0.4, 0.5) is 10.1 Å². The molecule has 3 rings (SSSR count). The maximum Gasteiger partial charge on any atom is 0.261 e. The van der Waals surface area contributed by atoms with Gasteiger partial charge in [0.25, 0.3) is 15.9 Å². The van der Waals surface area contributed by atoms with Crippen molar-refractivity contribution >= 4 is 27.5 Å². The van der Waals surface area contributed by atoms with Crippen LogP contribution in [-0.2, 0) is 14.8 Å². The fourth-order valence-electron chi connectivity index (χ4n) is 3.42. The number of benzene rings is 2. The lowest BCUT2D eigenvalue weighted by atomic mass is 10.1. The first kappa shape index (κ1) is 22.7. The van der Waals surface area contributed by atoms with Gasteiger partial charge >= 0.3 is 0 Å². The molecule has 31 heavy (non-hydrogen) atoms. The predicted octanol–water partition coefficient (Wildman–Crippen LogP) is 3.07. The van der Waals surface area contributed by atoms with Crippen molar-refractivity contribution in [1.29, 1.82) is 0 Å². The number of amides is 2. The summed E-state index contributed by atoms with van der Waals surface area (Å²) in [6.07, 6.45) is 2.38. The Morgan fingerprint density at radius 2 is 1.97 bits per heavy atom. The van der Waals surface area contributed by atoms with Crippen LogP contribution in [0, 0.1) is 12.7 Å². The van der Waals surface area contributed by atoms with Gasteiger partial charge in [0.15, 0.2) is 0 Å². The zero-order valence-corrected chi connectivity index (χ0v) is 18.3. The average Bonchev–Trinajstić information content (AvgIpc) is 2.73. The molecule has 2 N–H and O–H groups in total. The maximum atomic E-state index is 13.8. The predicted molar refractivity (Wildman–Crippen MR) is 116 cm³/mol. The van der Waals surface area contributed by atoms with Crippen molar-refractivity contribution in [3.63, 3.8) is 0 Å². The van der Waals surface area contributed by atoms with Crippen LogP contribution in [0.3, 0.4) is 0 Å². The van der Waals surface area contributed by atoms with Gasteiger partial charge in [0.05, 0.1) is 4.90 Å². The van der Waals surface area contributed by atoms with Crippen LogP contribution in [0.15, 0.2) is 47.4 Å². The normalized spacial score (nSPS) is 15.5. The van der Waals surface area contributed by atoms with Crippen molar-refractivity contribution in [3.05, 3.63) is 59.4 Å². The van der Waals surface area contributed by atoms with E-state index in [1.54, 1.807) is 24.0 Å². The van der Waals surface area contributed by atoms with E-state index >= 15 is 0 Å². The minimum Gasteiger partial charge on any atom is -0.350 e. The summed E-state index contributed by atoms with van der Waals surface area (Å²) in [6, 6.07) is 9.58. The summed E-state index contributed by atoms with van der Waals surface area (Å²) in [6.45, 7) is 4.41. The molecule has 1 fully saturated rings. The lowest BCUT2D eigenvalue weighted by Crippen LogP contribution is -2.47. The van der Waals surface area contributed by atoms with Gasteiger partial charge in [-0.2, -0.15) is 0 Å². The summed E-state index contributed by atoms with van der Waals surface area (Å²) in [5.74, 6) is -0.895. The van der Waals surface area contributed by atoms with Gasteiger partial charge in [0, 0.05) is 36.8 Å². The topological polar surface area (TPSA) is 95.6 Å². The molecule has 0 saturated carbocycles. The van der Waals surface area contributed by atoms with E-state index in [-0.39, 0.29) is 34.0 Å². The van der Waals surface area contributed by atoms with Crippen LogP contribution in [0.5, 0.6) is 0 Å². The number of carbonyl (C=O) groups is 2. The number of likely N-dealkylation sites (tertiary alicyclic amines) is 1. The second-order valence-electron chi connectivity index (χ2n) is 7.70. The number of sulfonamides is 1. The van der Waals surface area contributed by atoms with Gasteiger partial charge in [-0.25, -0.2) is 12.8 Å². The van der Waals surface area contributed by atoms with Crippen LogP contribution in [0.1, 0.15) is 42.1 Å². The van der Waals surface area contributed by atoms with Gasteiger partial charge < -0.3 is 10.2 Å². The van der Waals surface area contributed by atoms with E-state index in [2.05, 4.69) is 10.0 Å². The maximum absolute atomic E-state index is 13.8. The molecule has 0 aliphatic carbocycles. The first-order valence-electron chi connectivity index (χ1n) is 10.1. The summed E-state index contributed by atoms with van der Waals surface area (Å²) >= 11 is 0. The van der Waals surface area contributed by atoms with E-state index in [1.165, 1.54) is 24.3 Å². The number of nitrogens with one attached hydrogen (secondary N) is 2. The highest BCUT2D eigenvalue weighted by Gasteiger charge is 2.23. The van der Waals surface area contributed by atoms with Gasteiger partial charge in [-0.05, 0) is 62.6 Å². The number of hydrogen-bond acceptors (Lipinski definition) is 4. The molecule has 1 saturated heterocycles. The summed E-state index contributed by atoms with van der Waals surface area (Å²) < 4.78 is 41.2. The number of aryl methyl sites for hydroxylation is 1. The molecule has 1 heterocycles. The minimum atomic E-state index is -4.01. The Labute approximate surface area is 181 Å². The highest BCUT2D eigenvalue weighted by atomic mass is 32.2. The lowest BCUT2D eigenvalue weighted by Gasteiger charge is -2.32. The molecule has 0 aromatic heterocycles. The molecule has 166 valence electrons. The quantitative estimate of drug-likeness (QED) is 0.682. The van der Waals surface area contributed by atoms with Crippen LogP contribution < -0.4 is 10.0 Å². The van der Waals surface area contributed by atoms with Gasteiger partial charge in [0.2, 0.25) is 5.91 Å². The molecule has 1 atom stereocenters. The molecular weight excluding hydrogens is 421 g/mol. The monoisotopic (exact) mass is 447 g/mol.